The average Bonchev–Trinajstić information content (AvgIpc) is 2.04. The van der Waals surface area contributed by atoms with E-state index in [4.69, 9.17) is 10.1 Å². The molecule has 0 bridgehead atoms. The number of para-hydroxylation sites is 1. The number of hydrogen-bond acceptors (Lipinski definition) is 2. The van der Waals surface area contributed by atoms with Crippen molar-refractivity contribution < 1.29 is 4.74 Å². The van der Waals surface area contributed by atoms with E-state index >= 15 is 0 Å². The molecule has 11 heavy (non-hydrogen) atoms. The maximum atomic E-state index is 7.39. The number of nitrogens with one attached hydrogen (secondary N) is 1. The highest BCUT2D eigenvalue weighted by atomic mass is 16.5. The Morgan fingerprint density at radius 2 is 2.09 bits per heavy atom. The van der Waals surface area contributed by atoms with Crippen molar-refractivity contribution in [3.8, 4) is 5.75 Å². The second-order valence-corrected chi connectivity index (χ2v) is 2.68. The Morgan fingerprint density at radius 1 is 1.27 bits per heavy atom. The van der Waals surface area contributed by atoms with Crippen LogP contribution in [0.5, 0.6) is 5.75 Å². The number of rotatable bonds is 0. The summed E-state index contributed by atoms with van der Waals surface area (Å²) in [5, 5.41) is 7.39. The average molecular weight is 147 g/mol. The highest BCUT2D eigenvalue weighted by Gasteiger charge is 2.11. The quantitative estimate of drug-likeness (QED) is 0.594. The second kappa shape index (κ2) is 2.38. The fraction of sp³-hybridized carbons (Fsp3) is 0.222. The van der Waals surface area contributed by atoms with Crippen LogP contribution in [0.4, 0.5) is 0 Å². The molecular weight excluding hydrogens is 138 g/mol. The van der Waals surface area contributed by atoms with Crippen molar-refractivity contribution in [2.24, 2.45) is 0 Å². The molecule has 1 heterocycles. The van der Waals surface area contributed by atoms with Crippen molar-refractivity contribution in [1.29, 1.82) is 5.41 Å². The Morgan fingerprint density at radius 3 is 3.00 bits per heavy atom. The van der Waals surface area contributed by atoms with E-state index < -0.39 is 0 Å². The third-order valence-electron chi connectivity index (χ3n) is 1.78. The second-order valence-electron chi connectivity index (χ2n) is 2.68. The Kier molecular flexibility index (Phi) is 1.39. The van der Waals surface area contributed by atoms with Crippen molar-refractivity contribution in [1.82, 2.24) is 0 Å². The third kappa shape index (κ3) is 1.11. The van der Waals surface area contributed by atoms with Gasteiger partial charge in [0.05, 0.1) is 5.71 Å². The lowest BCUT2D eigenvalue weighted by molar-refractivity contribution is 0.361. The zero-order chi connectivity index (χ0) is 7.68. The number of benzene rings is 1. The van der Waals surface area contributed by atoms with Gasteiger partial charge in [-0.1, -0.05) is 18.2 Å². The van der Waals surface area contributed by atoms with Crippen LogP contribution < -0.4 is 4.74 Å². The van der Waals surface area contributed by atoms with Crippen LogP contribution in [0.2, 0.25) is 0 Å². The first-order valence-corrected chi connectivity index (χ1v) is 3.63. The Balaban J connectivity index is 2.41. The zero-order valence-corrected chi connectivity index (χ0v) is 6.13. The summed E-state index contributed by atoms with van der Waals surface area (Å²) in [4.78, 5) is 0. The molecule has 0 saturated carbocycles. The minimum atomic E-state index is 0.455. The maximum absolute atomic E-state index is 7.39. The van der Waals surface area contributed by atoms with Crippen LogP contribution in [0, 0.1) is 5.41 Å². The highest BCUT2D eigenvalue weighted by molar-refractivity contribution is 5.87. The third-order valence-corrected chi connectivity index (χ3v) is 1.78. The van der Waals surface area contributed by atoms with Crippen molar-refractivity contribution in [2.45, 2.75) is 6.42 Å². The summed E-state index contributed by atoms with van der Waals surface area (Å²) >= 11 is 0. The van der Waals surface area contributed by atoms with Crippen LogP contribution in [0.15, 0.2) is 24.3 Å². The zero-order valence-electron chi connectivity index (χ0n) is 6.13. The van der Waals surface area contributed by atoms with Gasteiger partial charge in [-0.3, -0.25) is 0 Å². The lowest BCUT2D eigenvalue weighted by Gasteiger charge is -2.16. The summed E-state index contributed by atoms with van der Waals surface area (Å²) < 4.78 is 5.31. The molecule has 1 aliphatic heterocycles. The Hall–Kier alpha value is -1.31. The van der Waals surface area contributed by atoms with E-state index in [2.05, 4.69) is 0 Å². The van der Waals surface area contributed by atoms with E-state index in [1.165, 1.54) is 0 Å². The van der Waals surface area contributed by atoms with Crippen LogP contribution in [0.1, 0.15) is 5.56 Å². The molecular formula is C9H9NO. The summed E-state index contributed by atoms with van der Waals surface area (Å²) in [5.74, 6) is 0.934. The molecule has 0 fully saturated rings. The predicted molar refractivity (Wildman–Crippen MR) is 43.4 cm³/mol. The number of ether oxygens (including phenoxy) is 1. The normalized spacial score (nSPS) is 15.5. The molecule has 2 nitrogen and oxygen atoms in total. The molecule has 56 valence electrons. The molecule has 0 saturated heterocycles. The summed E-state index contributed by atoms with van der Waals surface area (Å²) in [6.45, 7) is 0.455. The highest BCUT2D eigenvalue weighted by Crippen LogP contribution is 2.21. The summed E-state index contributed by atoms with van der Waals surface area (Å²) in [6.07, 6.45) is 0.746. The molecule has 1 aliphatic rings. The van der Waals surface area contributed by atoms with E-state index in [9.17, 15) is 0 Å². The monoisotopic (exact) mass is 147 g/mol. The van der Waals surface area contributed by atoms with Gasteiger partial charge in [-0.05, 0) is 11.6 Å². The van der Waals surface area contributed by atoms with Crippen molar-refractivity contribution in [2.75, 3.05) is 6.61 Å². The summed E-state index contributed by atoms with van der Waals surface area (Å²) in [7, 11) is 0. The molecule has 0 aliphatic carbocycles. The maximum Gasteiger partial charge on any atom is 0.126 e. The Labute approximate surface area is 65.3 Å². The number of hydrogen-bond donors (Lipinski definition) is 1. The SMILES string of the molecule is N=C1COc2ccccc2C1. The molecule has 0 radical (unpaired) electrons. The molecule has 0 amide bonds. The Bertz CT molecular complexity index is 293. The fourth-order valence-electron chi connectivity index (χ4n) is 1.24. The van der Waals surface area contributed by atoms with Gasteiger partial charge in [0.25, 0.3) is 0 Å². The van der Waals surface area contributed by atoms with Gasteiger partial charge in [-0.2, -0.15) is 0 Å². The van der Waals surface area contributed by atoms with Gasteiger partial charge in [0, 0.05) is 6.42 Å². The van der Waals surface area contributed by atoms with Crippen LogP contribution >= 0.6 is 0 Å². The lowest BCUT2D eigenvalue weighted by atomic mass is 10.1. The van der Waals surface area contributed by atoms with Crippen molar-refractivity contribution in [3.05, 3.63) is 29.8 Å². The van der Waals surface area contributed by atoms with Crippen LogP contribution in [-0.4, -0.2) is 12.3 Å². The molecule has 1 aromatic carbocycles. The van der Waals surface area contributed by atoms with Crippen LogP contribution in [0.3, 0.4) is 0 Å². The van der Waals surface area contributed by atoms with Gasteiger partial charge in [0.2, 0.25) is 0 Å². The van der Waals surface area contributed by atoms with Crippen LogP contribution in [-0.2, 0) is 6.42 Å². The first-order chi connectivity index (χ1) is 5.36. The molecule has 0 unspecified atom stereocenters. The van der Waals surface area contributed by atoms with Gasteiger partial charge >= 0.3 is 0 Å². The first-order valence-electron chi connectivity index (χ1n) is 3.63. The first kappa shape index (κ1) is 6.40. The molecule has 0 aromatic heterocycles. The lowest BCUT2D eigenvalue weighted by Crippen LogP contribution is -2.19. The van der Waals surface area contributed by atoms with Gasteiger partial charge in [-0.25, -0.2) is 0 Å². The van der Waals surface area contributed by atoms with Crippen molar-refractivity contribution >= 4 is 5.71 Å². The summed E-state index contributed by atoms with van der Waals surface area (Å²) in [6, 6.07) is 7.87. The van der Waals surface area contributed by atoms with E-state index in [1.54, 1.807) is 0 Å². The predicted octanol–water partition coefficient (Wildman–Crippen LogP) is 1.64. The minimum Gasteiger partial charge on any atom is -0.487 e. The number of fused-ring (bicyclic) bond motifs is 1. The molecule has 1 N–H and O–H groups in total. The van der Waals surface area contributed by atoms with E-state index in [0.717, 1.165) is 17.7 Å². The van der Waals surface area contributed by atoms with Gasteiger partial charge in [0.1, 0.15) is 12.4 Å². The van der Waals surface area contributed by atoms with E-state index in [-0.39, 0.29) is 0 Å². The van der Waals surface area contributed by atoms with Crippen LogP contribution in [0.25, 0.3) is 0 Å². The van der Waals surface area contributed by atoms with E-state index in [1.807, 2.05) is 24.3 Å². The molecule has 0 spiro atoms. The van der Waals surface area contributed by atoms with Crippen molar-refractivity contribution in [3.63, 3.8) is 0 Å². The van der Waals surface area contributed by atoms with Gasteiger partial charge < -0.3 is 10.1 Å². The molecule has 0 atom stereocenters. The van der Waals surface area contributed by atoms with Gasteiger partial charge in [-0.15, -0.1) is 0 Å². The van der Waals surface area contributed by atoms with E-state index in [0.29, 0.717) is 12.3 Å². The largest absolute Gasteiger partial charge is 0.487 e. The summed E-state index contributed by atoms with van der Waals surface area (Å²) in [5.41, 5.74) is 1.78. The standard InChI is InChI=1S/C9H9NO/c10-8-5-7-3-1-2-4-9(7)11-6-8/h1-4,10H,5-6H2. The topological polar surface area (TPSA) is 33.1 Å². The minimum absolute atomic E-state index is 0.455. The smallest absolute Gasteiger partial charge is 0.126 e. The molecule has 2 rings (SSSR count). The fourth-order valence-corrected chi connectivity index (χ4v) is 1.24. The molecule has 2 heteroatoms. The van der Waals surface area contributed by atoms with Gasteiger partial charge in [0.15, 0.2) is 0 Å². The molecule has 1 aromatic rings.